The average molecular weight is 326 g/mol. The predicted octanol–water partition coefficient (Wildman–Crippen LogP) is 3.77. The second-order valence-electron chi connectivity index (χ2n) is 4.67. The third-order valence-corrected chi connectivity index (χ3v) is 4.94. The van der Waals surface area contributed by atoms with Gasteiger partial charge < -0.3 is 4.74 Å². The molecule has 2 aromatic rings. The van der Waals surface area contributed by atoms with Gasteiger partial charge in [0.05, 0.1) is 22.7 Å². The highest BCUT2D eigenvalue weighted by molar-refractivity contribution is 7.92. The van der Waals surface area contributed by atoms with Crippen molar-refractivity contribution in [2.45, 2.75) is 18.7 Å². The number of nitrogens with one attached hydrogen (secondary N) is 1. The zero-order valence-electron chi connectivity index (χ0n) is 12.0. The molecule has 4 nitrogen and oxygen atoms in total. The molecule has 0 atom stereocenters. The molecule has 0 fully saturated rings. The lowest BCUT2D eigenvalue weighted by Crippen LogP contribution is -2.15. The standard InChI is InChI=1S/C15H16ClNO3S/c1-10-9-15(11(2)8-14(10)20-3)21(18,19)17-13-7-5-4-6-12(13)16/h4-9,17H,1-3H3. The minimum Gasteiger partial charge on any atom is -0.496 e. The van der Waals surface area contributed by atoms with Gasteiger partial charge in [-0.1, -0.05) is 23.7 Å². The maximum atomic E-state index is 12.5. The van der Waals surface area contributed by atoms with Crippen molar-refractivity contribution < 1.29 is 13.2 Å². The van der Waals surface area contributed by atoms with E-state index in [0.29, 0.717) is 22.0 Å². The van der Waals surface area contributed by atoms with E-state index in [-0.39, 0.29) is 4.90 Å². The van der Waals surface area contributed by atoms with Crippen LogP contribution in [-0.4, -0.2) is 15.5 Å². The van der Waals surface area contributed by atoms with E-state index < -0.39 is 10.0 Å². The zero-order valence-corrected chi connectivity index (χ0v) is 13.5. The lowest BCUT2D eigenvalue weighted by Gasteiger charge is -2.14. The number of ether oxygens (including phenoxy) is 1. The van der Waals surface area contributed by atoms with E-state index in [1.165, 1.54) is 0 Å². The average Bonchev–Trinajstić information content (AvgIpc) is 2.43. The highest BCUT2D eigenvalue weighted by Crippen LogP contribution is 2.29. The lowest BCUT2D eigenvalue weighted by molar-refractivity contribution is 0.411. The summed E-state index contributed by atoms with van der Waals surface area (Å²) in [7, 11) is -2.15. The fraction of sp³-hybridized carbons (Fsp3) is 0.200. The number of halogens is 1. The molecule has 0 spiro atoms. The van der Waals surface area contributed by atoms with Gasteiger partial charge in [0.15, 0.2) is 0 Å². The van der Waals surface area contributed by atoms with Crippen LogP contribution in [-0.2, 0) is 10.0 Å². The van der Waals surface area contributed by atoms with Crippen LogP contribution >= 0.6 is 11.6 Å². The van der Waals surface area contributed by atoms with Gasteiger partial charge in [-0.15, -0.1) is 0 Å². The molecule has 0 unspecified atom stereocenters. The van der Waals surface area contributed by atoms with Crippen molar-refractivity contribution in [3.63, 3.8) is 0 Å². The molecule has 0 aromatic heterocycles. The van der Waals surface area contributed by atoms with E-state index in [1.807, 2.05) is 0 Å². The van der Waals surface area contributed by atoms with Gasteiger partial charge in [-0.05, 0) is 49.2 Å². The van der Waals surface area contributed by atoms with Gasteiger partial charge in [0, 0.05) is 0 Å². The highest BCUT2D eigenvalue weighted by Gasteiger charge is 2.19. The first-order valence-electron chi connectivity index (χ1n) is 6.27. The molecule has 0 heterocycles. The first kappa shape index (κ1) is 15.7. The van der Waals surface area contributed by atoms with Gasteiger partial charge in [0.2, 0.25) is 0 Å². The van der Waals surface area contributed by atoms with Gasteiger partial charge in [0.1, 0.15) is 5.75 Å². The van der Waals surface area contributed by atoms with Gasteiger partial charge in [-0.2, -0.15) is 0 Å². The summed E-state index contributed by atoms with van der Waals surface area (Å²) in [6.07, 6.45) is 0. The summed E-state index contributed by atoms with van der Waals surface area (Å²) < 4.78 is 32.7. The van der Waals surface area contributed by atoms with E-state index in [4.69, 9.17) is 16.3 Å². The Morgan fingerprint density at radius 3 is 2.38 bits per heavy atom. The highest BCUT2D eigenvalue weighted by atomic mass is 35.5. The van der Waals surface area contributed by atoms with Crippen LogP contribution in [0.3, 0.4) is 0 Å². The number of hydrogen-bond donors (Lipinski definition) is 1. The number of aryl methyl sites for hydroxylation is 2. The third kappa shape index (κ3) is 3.31. The van der Waals surface area contributed by atoms with E-state index in [1.54, 1.807) is 57.4 Å². The summed E-state index contributed by atoms with van der Waals surface area (Å²) in [5.74, 6) is 0.657. The van der Waals surface area contributed by atoms with Gasteiger partial charge in [-0.25, -0.2) is 8.42 Å². The molecule has 21 heavy (non-hydrogen) atoms. The van der Waals surface area contributed by atoms with Crippen LogP contribution in [0.15, 0.2) is 41.3 Å². The van der Waals surface area contributed by atoms with Crippen molar-refractivity contribution >= 4 is 27.3 Å². The van der Waals surface area contributed by atoms with Gasteiger partial charge >= 0.3 is 0 Å². The summed E-state index contributed by atoms with van der Waals surface area (Å²) in [4.78, 5) is 0.209. The van der Waals surface area contributed by atoms with Crippen LogP contribution in [0.4, 0.5) is 5.69 Å². The van der Waals surface area contributed by atoms with Crippen molar-refractivity contribution in [2.24, 2.45) is 0 Å². The number of hydrogen-bond acceptors (Lipinski definition) is 3. The maximum Gasteiger partial charge on any atom is 0.262 e. The summed E-state index contributed by atoms with van der Waals surface area (Å²) in [6, 6.07) is 10.00. The largest absolute Gasteiger partial charge is 0.496 e. The number of rotatable bonds is 4. The maximum absolute atomic E-state index is 12.5. The predicted molar refractivity (Wildman–Crippen MR) is 84.7 cm³/mol. The Morgan fingerprint density at radius 2 is 1.76 bits per heavy atom. The Hall–Kier alpha value is -1.72. The Bertz CT molecular complexity index is 772. The molecule has 0 saturated carbocycles. The van der Waals surface area contributed by atoms with Crippen LogP contribution in [0.1, 0.15) is 11.1 Å². The number of methoxy groups -OCH3 is 1. The minimum atomic E-state index is -3.70. The molecule has 2 aromatic carbocycles. The monoisotopic (exact) mass is 325 g/mol. The lowest BCUT2D eigenvalue weighted by atomic mass is 10.1. The van der Waals surface area contributed by atoms with E-state index in [9.17, 15) is 8.42 Å². The summed E-state index contributed by atoms with van der Waals surface area (Å²) in [5.41, 5.74) is 1.71. The molecule has 6 heteroatoms. The Kier molecular flexibility index (Phi) is 4.44. The van der Waals surface area contributed by atoms with Crippen LogP contribution in [0.5, 0.6) is 5.75 Å². The molecule has 0 radical (unpaired) electrons. The molecular formula is C15H16ClNO3S. The first-order valence-corrected chi connectivity index (χ1v) is 8.14. The topological polar surface area (TPSA) is 55.4 Å². The second kappa shape index (κ2) is 5.95. The normalized spacial score (nSPS) is 11.2. The quantitative estimate of drug-likeness (QED) is 0.931. The second-order valence-corrected chi connectivity index (χ2v) is 6.73. The van der Waals surface area contributed by atoms with Crippen LogP contribution in [0, 0.1) is 13.8 Å². The zero-order chi connectivity index (χ0) is 15.6. The van der Waals surface area contributed by atoms with E-state index in [2.05, 4.69) is 4.72 Å². The number of benzene rings is 2. The van der Waals surface area contributed by atoms with Crippen molar-refractivity contribution in [1.82, 2.24) is 0 Å². The fourth-order valence-electron chi connectivity index (χ4n) is 2.02. The Morgan fingerprint density at radius 1 is 1.10 bits per heavy atom. The molecule has 0 aliphatic carbocycles. The summed E-state index contributed by atoms with van der Waals surface area (Å²) >= 11 is 5.99. The third-order valence-electron chi connectivity index (χ3n) is 3.10. The minimum absolute atomic E-state index is 0.209. The Labute approximate surface area is 129 Å². The summed E-state index contributed by atoms with van der Waals surface area (Å²) in [5, 5.41) is 0.351. The number of para-hydroxylation sites is 1. The fourth-order valence-corrected chi connectivity index (χ4v) is 3.65. The van der Waals surface area contributed by atoms with Crippen molar-refractivity contribution in [2.75, 3.05) is 11.8 Å². The van der Waals surface area contributed by atoms with E-state index in [0.717, 1.165) is 5.56 Å². The van der Waals surface area contributed by atoms with E-state index >= 15 is 0 Å². The summed E-state index contributed by atoms with van der Waals surface area (Å²) in [6.45, 7) is 3.52. The number of anilines is 1. The molecule has 0 bridgehead atoms. The van der Waals surface area contributed by atoms with Crippen LogP contribution in [0.25, 0.3) is 0 Å². The smallest absolute Gasteiger partial charge is 0.262 e. The van der Waals surface area contributed by atoms with Crippen LogP contribution < -0.4 is 9.46 Å². The number of sulfonamides is 1. The molecule has 0 aliphatic heterocycles. The molecule has 112 valence electrons. The molecule has 1 N–H and O–H groups in total. The van der Waals surface area contributed by atoms with Gasteiger partial charge in [0.25, 0.3) is 10.0 Å². The Balaban J connectivity index is 2.45. The first-order chi connectivity index (χ1) is 9.85. The van der Waals surface area contributed by atoms with Crippen molar-refractivity contribution in [3.8, 4) is 5.75 Å². The molecule has 0 saturated heterocycles. The molecule has 0 aliphatic rings. The molecule has 0 amide bonds. The SMILES string of the molecule is COc1cc(C)c(S(=O)(=O)Nc2ccccc2Cl)cc1C. The molecular weight excluding hydrogens is 310 g/mol. The molecule has 2 rings (SSSR count). The van der Waals surface area contributed by atoms with Crippen molar-refractivity contribution in [3.05, 3.63) is 52.5 Å². The van der Waals surface area contributed by atoms with Gasteiger partial charge in [-0.3, -0.25) is 4.72 Å². The van der Waals surface area contributed by atoms with Crippen molar-refractivity contribution in [1.29, 1.82) is 0 Å². The van der Waals surface area contributed by atoms with Crippen LogP contribution in [0.2, 0.25) is 5.02 Å².